The maximum atomic E-state index is 2.43. The highest BCUT2D eigenvalue weighted by Crippen LogP contribution is 2.19. The normalized spacial score (nSPS) is 11.1. The van der Waals surface area contributed by atoms with E-state index in [1.54, 1.807) is 5.19 Å². The van der Waals surface area contributed by atoms with Crippen LogP contribution in [-0.2, 0) is 0 Å². The van der Waals surface area contributed by atoms with E-state index in [9.17, 15) is 0 Å². The van der Waals surface area contributed by atoms with Gasteiger partial charge in [0.2, 0.25) is 0 Å². The van der Waals surface area contributed by atoms with Crippen LogP contribution in [0.1, 0.15) is 0 Å². The predicted octanol–water partition coefficient (Wildman–Crippen LogP) is 3.41. The summed E-state index contributed by atoms with van der Waals surface area (Å²) in [5.74, 6) is 0. The van der Waals surface area contributed by atoms with Crippen LogP contribution in [0.25, 0.3) is 10.8 Å². The third kappa shape index (κ3) is 1.73. The van der Waals surface area contributed by atoms with E-state index in [1.165, 1.54) is 14.3 Å². The largest absolute Gasteiger partial charge is 0.0800 e. The van der Waals surface area contributed by atoms with Gasteiger partial charge in [0.05, 0.1) is 8.80 Å². The van der Waals surface area contributed by atoms with E-state index in [0.717, 1.165) is 0 Å². The van der Waals surface area contributed by atoms with Gasteiger partial charge in [0.15, 0.2) is 0 Å². The Morgan fingerprint density at radius 2 is 1.64 bits per heavy atom. The lowest BCUT2D eigenvalue weighted by molar-refractivity contribution is 1.72. The molecule has 0 aromatic heterocycles. The first-order valence-corrected chi connectivity index (χ1v) is 8.26. The predicted molar refractivity (Wildman–Crippen MR) is 73.8 cm³/mol. The van der Waals surface area contributed by atoms with E-state index in [-0.39, 0.29) is 8.80 Å². The van der Waals surface area contributed by atoms with Crippen molar-refractivity contribution in [1.82, 2.24) is 0 Å². The molecule has 0 atom stereocenters. The second kappa shape index (κ2) is 4.02. The molecule has 0 aliphatic carbocycles. The molecule has 71 valence electrons. The van der Waals surface area contributed by atoms with Crippen LogP contribution in [-0.4, -0.2) is 8.80 Å². The van der Waals surface area contributed by atoms with Crippen molar-refractivity contribution in [2.45, 2.75) is 13.1 Å². The summed E-state index contributed by atoms with van der Waals surface area (Å²) < 4.78 is 1.38. The molecule has 0 aliphatic heterocycles. The molecule has 0 bridgehead atoms. The highest BCUT2D eigenvalue weighted by Gasteiger charge is 2.07. The van der Waals surface area contributed by atoms with Crippen molar-refractivity contribution in [2.24, 2.45) is 0 Å². The lowest BCUT2D eigenvalue weighted by atomic mass is 10.1. The molecule has 0 amide bonds. The number of fused-ring (bicyclic) bond motifs is 1. The molecule has 0 saturated carbocycles. The molecule has 0 fully saturated rings. The number of rotatable bonds is 1. The van der Waals surface area contributed by atoms with Crippen molar-refractivity contribution in [3.8, 4) is 0 Å². The monoisotopic (exact) mass is 311 g/mol. The molecular formula is C12H12ISi. The first-order chi connectivity index (χ1) is 6.70. The molecule has 2 aromatic rings. The minimum Gasteiger partial charge on any atom is -0.0671 e. The van der Waals surface area contributed by atoms with Gasteiger partial charge in [-0.2, -0.15) is 0 Å². The molecule has 0 nitrogen and oxygen atoms in total. The fourth-order valence-corrected chi connectivity index (χ4v) is 3.98. The molecule has 0 N–H and O–H groups in total. The van der Waals surface area contributed by atoms with E-state index < -0.39 is 0 Å². The van der Waals surface area contributed by atoms with Crippen LogP contribution in [0.4, 0.5) is 0 Å². The maximum absolute atomic E-state index is 2.43. The van der Waals surface area contributed by atoms with Gasteiger partial charge in [-0.3, -0.25) is 0 Å². The Kier molecular flexibility index (Phi) is 2.92. The van der Waals surface area contributed by atoms with Gasteiger partial charge in [0.25, 0.3) is 0 Å². The molecule has 1 radical (unpaired) electrons. The molecule has 2 heteroatoms. The smallest absolute Gasteiger partial charge is 0.0671 e. The van der Waals surface area contributed by atoms with Gasteiger partial charge in [0, 0.05) is 3.57 Å². The van der Waals surface area contributed by atoms with E-state index in [2.05, 4.69) is 72.1 Å². The zero-order chi connectivity index (χ0) is 10.1. The van der Waals surface area contributed by atoms with E-state index >= 15 is 0 Å². The highest BCUT2D eigenvalue weighted by atomic mass is 127. The number of hydrogen-bond donors (Lipinski definition) is 0. The Morgan fingerprint density at radius 1 is 1.00 bits per heavy atom. The summed E-state index contributed by atoms with van der Waals surface area (Å²) in [5.41, 5.74) is 0. The summed E-state index contributed by atoms with van der Waals surface area (Å²) in [6, 6.07) is 13.2. The summed E-state index contributed by atoms with van der Waals surface area (Å²) >= 11 is 2.43. The number of halogens is 1. The van der Waals surface area contributed by atoms with Crippen molar-refractivity contribution in [3.05, 3.63) is 40.0 Å². The first-order valence-electron chi connectivity index (χ1n) is 4.68. The maximum Gasteiger partial charge on any atom is 0.0800 e. The van der Waals surface area contributed by atoms with Crippen LogP contribution in [0.15, 0.2) is 36.4 Å². The lowest BCUT2D eigenvalue weighted by Crippen LogP contribution is -2.23. The van der Waals surface area contributed by atoms with Crippen LogP contribution < -0.4 is 5.19 Å². The number of benzene rings is 2. The molecular weight excluding hydrogens is 299 g/mol. The van der Waals surface area contributed by atoms with Crippen LogP contribution in [0.3, 0.4) is 0 Å². The lowest BCUT2D eigenvalue weighted by Gasteiger charge is -2.10. The molecule has 0 heterocycles. The molecule has 0 unspecified atom stereocenters. The topological polar surface area (TPSA) is 0 Å². The Morgan fingerprint density at radius 3 is 2.29 bits per heavy atom. The van der Waals surface area contributed by atoms with Gasteiger partial charge >= 0.3 is 0 Å². The molecule has 0 spiro atoms. The van der Waals surface area contributed by atoms with Gasteiger partial charge < -0.3 is 0 Å². The first kappa shape index (κ1) is 10.2. The number of hydrogen-bond acceptors (Lipinski definition) is 0. The van der Waals surface area contributed by atoms with E-state index in [1.807, 2.05) is 0 Å². The van der Waals surface area contributed by atoms with Crippen LogP contribution in [0.5, 0.6) is 0 Å². The van der Waals surface area contributed by atoms with Crippen molar-refractivity contribution in [1.29, 1.82) is 0 Å². The third-order valence-electron chi connectivity index (χ3n) is 2.39. The van der Waals surface area contributed by atoms with Crippen LogP contribution in [0, 0.1) is 3.57 Å². The third-order valence-corrected chi connectivity index (χ3v) is 4.79. The molecule has 2 rings (SSSR count). The van der Waals surface area contributed by atoms with Crippen molar-refractivity contribution in [2.75, 3.05) is 0 Å². The average Bonchev–Trinajstić information content (AvgIpc) is 2.17. The van der Waals surface area contributed by atoms with Gasteiger partial charge in [-0.1, -0.05) is 48.6 Å². The molecule has 0 aliphatic rings. The van der Waals surface area contributed by atoms with Gasteiger partial charge in [-0.25, -0.2) is 0 Å². The summed E-state index contributed by atoms with van der Waals surface area (Å²) in [4.78, 5) is 0. The molecule has 14 heavy (non-hydrogen) atoms. The SMILES string of the molecule is C[Si](C)c1cccc2cccc(I)c12. The van der Waals surface area contributed by atoms with E-state index in [4.69, 9.17) is 0 Å². The van der Waals surface area contributed by atoms with E-state index in [0.29, 0.717) is 0 Å². The fourth-order valence-electron chi connectivity index (χ4n) is 1.71. The Bertz CT molecular complexity index is 458. The minimum absolute atomic E-state index is 0.364. The van der Waals surface area contributed by atoms with Crippen LogP contribution >= 0.6 is 22.6 Å². The van der Waals surface area contributed by atoms with Crippen molar-refractivity contribution >= 4 is 47.3 Å². The quantitative estimate of drug-likeness (QED) is 0.559. The average molecular weight is 311 g/mol. The van der Waals surface area contributed by atoms with Crippen LogP contribution in [0.2, 0.25) is 13.1 Å². The molecule has 2 aromatic carbocycles. The Labute approximate surface area is 100 Å². The second-order valence-electron chi connectivity index (χ2n) is 3.64. The summed E-state index contributed by atoms with van der Waals surface area (Å²) in [6.45, 7) is 4.70. The van der Waals surface area contributed by atoms with Crippen molar-refractivity contribution in [3.63, 3.8) is 0 Å². The molecule has 0 saturated heterocycles. The fraction of sp³-hybridized carbons (Fsp3) is 0.167. The standard InChI is InChI=1S/C12H12ISi/c1-14(2)11-8-4-6-9-5-3-7-10(13)12(9)11/h3-8H,1-2H3. The highest BCUT2D eigenvalue weighted by molar-refractivity contribution is 14.1. The minimum atomic E-state index is -0.364. The summed E-state index contributed by atoms with van der Waals surface area (Å²) in [6.07, 6.45) is 0. The zero-order valence-corrected chi connectivity index (χ0v) is 11.5. The van der Waals surface area contributed by atoms with Gasteiger partial charge in [0.1, 0.15) is 0 Å². The van der Waals surface area contributed by atoms with Gasteiger partial charge in [-0.05, 0) is 39.4 Å². The zero-order valence-electron chi connectivity index (χ0n) is 8.34. The summed E-state index contributed by atoms with van der Waals surface area (Å²) in [7, 11) is -0.364. The Balaban J connectivity index is 2.84. The van der Waals surface area contributed by atoms with Crippen molar-refractivity contribution < 1.29 is 0 Å². The van der Waals surface area contributed by atoms with Gasteiger partial charge in [-0.15, -0.1) is 0 Å². The Hall–Kier alpha value is -0.353. The second-order valence-corrected chi connectivity index (χ2v) is 7.34. The summed E-state index contributed by atoms with van der Waals surface area (Å²) in [5, 5.41) is 4.40.